The van der Waals surface area contributed by atoms with E-state index in [0.717, 1.165) is 6.20 Å². The van der Waals surface area contributed by atoms with Crippen LogP contribution in [0.15, 0.2) is 23.4 Å². The first-order chi connectivity index (χ1) is 6.90. The van der Waals surface area contributed by atoms with Gasteiger partial charge in [0, 0.05) is 6.20 Å². The number of hydrogen-bond donors (Lipinski definition) is 0. The largest absolute Gasteiger partial charge is 0.398 e. The Labute approximate surface area is 86.7 Å². The molecule has 0 aromatic carbocycles. The lowest BCUT2D eigenvalue weighted by Gasteiger charge is -2.05. The van der Waals surface area contributed by atoms with Crippen LogP contribution < -0.4 is 0 Å². The number of alkyl halides is 3. The highest BCUT2D eigenvalue weighted by atomic mass is 32.2. The van der Waals surface area contributed by atoms with E-state index in [2.05, 4.69) is 4.98 Å². The lowest BCUT2D eigenvalue weighted by Crippen LogP contribution is -2.10. The molecule has 0 N–H and O–H groups in total. The molecule has 0 atom stereocenters. The van der Waals surface area contributed by atoms with Crippen molar-refractivity contribution in [3.63, 3.8) is 0 Å². The SMILES string of the molecule is O=[N+]([O-])c1cnccc1SCC(F)(F)F. The van der Waals surface area contributed by atoms with Gasteiger partial charge in [-0.25, -0.2) is 0 Å². The Bertz CT molecular complexity index is 369. The van der Waals surface area contributed by atoms with E-state index >= 15 is 0 Å². The van der Waals surface area contributed by atoms with Gasteiger partial charge in [-0.15, -0.1) is 11.8 Å². The van der Waals surface area contributed by atoms with E-state index in [1.165, 1.54) is 12.3 Å². The first-order valence-electron chi connectivity index (χ1n) is 3.68. The monoisotopic (exact) mass is 238 g/mol. The highest BCUT2D eigenvalue weighted by molar-refractivity contribution is 7.99. The Balaban J connectivity index is 2.81. The number of nitrogens with zero attached hydrogens (tertiary/aromatic N) is 2. The third kappa shape index (κ3) is 3.74. The van der Waals surface area contributed by atoms with Gasteiger partial charge < -0.3 is 0 Å². The van der Waals surface area contributed by atoms with Gasteiger partial charge in [0.25, 0.3) is 0 Å². The van der Waals surface area contributed by atoms with E-state index in [4.69, 9.17) is 0 Å². The van der Waals surface area contributed by atoms with Crippen molar-refractivity contribution in [2.24, 2.45) is 0 Å². The molecule has 0 aliphatic heterocycles. The topological polar surface area (TPSA) is 56.0 Å². The fraction of sp³-hybridized carbons (Fsp3) is 0.286. The highest BCUT2D eigenvalue weighted by Gasteiger charge is 2.28. The summed E-state index contributed by atoms with van der Waals surface area (Å²) in [6, 6.07) is 1.19. The maximum Gasteiger partial charge on any atom is 0.398 e. The minimum atomic E-state index is -4.35. The molecule has 0 radical (unpaired) electrons. The molecule has 0 unspecified atom stereocenters. The Kier molecular flexibility index (Phi) is 3.51. The molecule has 0 saturated heterocycles. The van der Waals surface area contributed by atoms with Gasteiger partial charge in [-0.3, -0.25) is 15.1 Å². The quantitative estimate of drug-likeness (QED) is 0.461. The average Bonchev–Trinajstić information content (AvgIpc) is 2.14. The average molecular weight is 238 g/mol. The molecule has 0 aliphatic rings. The van der Waals surface area contributed by atoms with E-state index in [1.807, 2.05) is 0 Å². The van der Waals surface area contributed by atoms with E-state index < -0.39 is 22.5 Å². The van der Waals surface area contributed by atoms with Gasteiger partial charge >= 0.3 is 11.9 Å². The standard InChI is InChI=1S/C7H5F3N2O2S/c8-7(9,10)4-15-6-1-2-11-3-5(6)12(13)14/h1-3H,4H2. The number of thioether (sulfide) groups is 1. The fourth-order valence-corrected chi connectivity index (χ4v) is 1.54. The van der Waals surface area contributed by atoms with Crippen LogP contribution in [0.25, 0.3) is 0 Å². The predicted molar refractivity (Wildman–Crippen MR) is 47.7 cm³/mol. The molecule has 1 heterocycles. The van der Waals surface area contributed by atoms with Gasteiger partial charge in [0.2, 0.25) is 0 Å². The molecular weight excluding hydrogens is 233 g/mol. The van der Waals surface area contributed by atoms with Gasteiger partial charge in [-0.05, 0) is 6.07 Å². The summed E-state index contributed by atoms with van der Waals surface area (Å²) < 4.78 is 35.6. The second kappa shape index (κ2) is 4.47. The van der Waals surface area contributed by atoms with Crippen molar-refractivity contribution in [2.75, 3.05) is 5.75 Å². The molecule has 8 heteroatoms. The zero-order valence-electron chi connectivity index (χ0n) is 7.19. The van der Waals surface area contributed by atoms with Crippen molar-refractivity contribution in [1.82, 2.24) is 4.98 Å². The molecule has 0 fully saturated rings. The van der Waals surface area contributed by atoms with Crippen molar-refractivity contribution in [3.8, 4) is 0 Å². The Morgan fingerprint density at radius 3 is 2.73 bits per heavy atom. The van der Waals surface area contributed by atoms with E-state index in [1.54, 1.807) is 0 Å². The fourth-order valence-electron chi connectivity index (χ4n) is 0.792. The molecular formula is C7H5F3N2O2S. The van der Waals surface area contributed by atoms with Crippen molar-refractivity contribution in [1.29, 1.82) is 0 Å². The van der Waals surface area contributed by atoms with Crippen molar-refractivity contribution < 1.29 is 18.1 Å². The van der Waals surface area contributed by atoms with Crippen LogP contribution in [0.1, 0.15) is 0 Å². The number of rotatable bonds is 3. The van der Waals surface area contributed by atoms with Crippen LogP contribution in [-0.2, 0) is 0 Å². The zero-order chi connectivity index (χ0) is 11.5. The van der Waals surface area contributed by atoms with E-state index in [0.29, 0.717) is 11.8 Å². The predicted octanol–water partition coefficient (Wildman–Crippen LogP) is 2.64. The van der Waals surface area contributed by atoms with Crippen LogP contribution >= 0.6 is 11.8 Å². The second-order valence-corrected chi connectivity index (χ2v) is 3.52. The normalized spacial score (nSPS) is 11.4. The molecule has 0 spiro atoms. The lowest BCUT2D eigenvalue weighted by molar-refractivity contribution is -0.388. The van der Waals surface area contributed by atoms with Gasteiger partial charge in [-0.1, -0.05) is 0 Å². The van der Waals surface area contributed by atoms with Crippen LogP contribution in [0.5, 0.6) is 0 Å². The van der Waals surface area contributed by atoms with E-state index in [-0.39, 0.29) is 4.90 Å². The van der Waals surface area contributed by atoms with Crippen LogP contribution in [0.4, 0.5) is 18.9 Å². The van der Waals surface area contributed by atoms with Gasteiger partial charge in [0.05, 0.1) is 15.6 Å². The smallest absolute Gasteiger partial charge is 0.258 e. The molecule has 0 aliphatic carbocycles. The number of pyridine rings is 1. The molecule has 1 aromatic rings. The summed E-state index contributed by atoms with van der Waals surface area (Å²) in [7, 11) is 0. The minimum absolute atomic E-state index is 0.0349. The minimum Gasteiger partial charge on any atom is -0.258 e. The van der Waals surface area contributed by atoms with Crippen LogP contribution in [-0.4, -0.2) is 21.8 Å². The molecule has 4 nitrogen and oxygen atoms in total. The molecule has 0 bridgehead atoms. The van der Waals surface area contributed by atoms with Crippen LogP contribution in [0.3, 0.4) is 0 Å². The zero-order valence-corrected chi connectivity index (χ0v) is 8.01. The third-order valence-electron chi connectivity index (χ3n) is 1.35. The first-order valence-corrected chi connectivity index (χ1v) is 4.66. The molecule has 1 aromatic heterocycles. The molecule has 82 valence electrons. The first kappa shape index (κ1) is 11.8. The highest BCUT2D eigenvalue weighted by Crippen LogP contribution is 2.32. The maximum absolute atomic E-state index is 11.9. The summed E-state index contributed by atoms with van der Waals surface area (Å²) in [5, 5.41) is 10.4. The summed E-state index contributed by atoms with van der Waals surface area (Å²) in [5.41, 5.74) is -0.410. The Hall–Kier alpha value is -1.31. The maximum atomic E-state index is 11.9. The summed E-state index contributed by atoms with van der Waals surface area (Å²) in [6.07, 6.45) is -2.20. The number of hydrogen-bond acceptors (Lipinski definition) is 4. The molecule has 1 rings (SSSR count). The Morgan fingerprint density at radius 2 is 2.20 bits per heavy atom. The number of aromatic nitrogens is 1. The summed E-state index contributed by atoms with van der Waals surface area (Å²) >= 11 is 0.376. The van der Waals surface area contributed by atoms with Gasteiger partial charge in [-0.2, -0.15) is 13.2 Å². The van der Waals surface area contributed by atoms with Crippen LogP contribution in [0.2, 0.25) is 0 Å². The molecule has 0 saturated carbocycles. The second-order valence-electron chi connectivity index (χ2n) is 2.50. The number of nitro groups is 1. The number of halogens is 3. The van der Waals surface area contributed by atoms with Crippen molar-refractivity contribution in [2.45, 2.75) is 11.1 Å². The van der Waals surface area contributed by atoms with Crippen LogP contribution in [0, 0.1) is 10.1 Å². The summed E-state index contributed by atoms with van der Waals surface area (Å²) in [4.78, 5) is 13.1. The summed E-state index contributed by atoms with van der Waals surface area (Å²) in [6.45, 7) is 0. The molecule has 15 heavy (non-hydrogen) atoms. The van der Waals surface area contributed by atoms with Crippen molar-refractivity contribution >= 4 is 17.4 Å². The van der Waals surface area contributed by atoms with E-state index in [9.17, 15) is 23.3 Å². The van der Waals surface area contributed by atoms with Crippen molar-refractivity contribution in [3.05, 3.63) is 28.6 Å². The third-order valence-corrected chi connectivity index (χ3v) is 2.48. The van der Waals surface area contributed by atoms with Gasteiger partial charge in [0.1, 0.15) is 6.20 Å². The summed E-state index contributed by atoms with van der Waals surface area (Å²) in [5.74, 6) is -1.15. The molecule has 0 amide bonds. The lowest BCUT2D eigenvalue weighted by atomic mass is 10.4. The van der Waals surface area contributed by atoms with Gasteiger partial charge in [0.15, 0.2) is 0 Å². The Morgan fingerprint density at radius 1 is 1.53 bits per heavy atom.